The summed E-state index contributed by atoms with van der Waals surface area (Å²) in [4.78, 5) is 4.13. The molecule has 0 saturated carbocycles. The standard InChI is InChI=1S/C17H13ClFNO/c18-15-6-3-7-16(19)13(15)8-17(21)14-10-20-9-11-4-1-2-5-12(11)14/h1-7,9-10,17,21H,8H2. The predicted octanol–water partition coefficient (Wildman–Crippen LogP) is 4.30. The van der Waals surface area contributed by atoms with Gasteiger partial charge in [0.2, 0.25) is 0 Å². The molecule has 21 heavy (non-hydrogen) atoms. The molecule has 1 aromatic heterocycles. The van der Waals surface area contributed by atoms with Crippen molar-refractivity contribution in [3.63, 3.8) is 0 Å². The third-order valence-electron chi connectivity index (χ3n) is 3.52. The average Bonchev–Trinajstić information content (AvgIpc) is 2.50. The first-order chi connectivity index (χ1) is 10.2. The molecule has 1 unspecified atom stereocenters. The van der Waals surface area contributed by atoms with Crippen LogP contribution in [0.1, 0.15) is 17.2 Å². The highest BCUT2D eigenvalue weighted by Crippen LogP contribution is 2.29. The van der Waals surface area contributed by atoms with E-state index in [9.17, 15) is 9.50 Å². The van der Waals surface area contributed by atoms with Crippen LogP contribution in [0.3, 0.4) is 0 Å². The van der Waals surface area contributed by atoms with Crippen molar-refractivity contribution < 1.29 is 9.50 Å². The molecule has 0 fully saturated rings. The topological polar surface area (TPSA) is 33.1 Å². The van der Waals surface area contributed by atoms with Crippen LogP contribution in [-0.2, 0) is 6.42 Å². The molecule has 1 atom stereocenters. The lowest BCUT2D eigenvalue weighted by Crippen LogP contribution is -2.05. The van der Waals surface area contributed by atoms with Crippen LogP contribution in [0.5, 0.6) is 0 Å². The summed E-state index contributed by atoms with van der Waals surface area (Å²) in [6, 6.07) is 12.2. The number of hydrogen-bond donors (Lipinski definition) is 1. The van der Waals surface area contributed by atoms with Gasteiger partial charge in [-0.05, 0) is 17.5 Å². The first-order valence-electron chi connectivity index (χ1n) is 6.60. The predicted molar refractivity (Wildman–Crippen MR) is 81.8 cm³/mol. The molecule has 0 amide bonds. The van der Waals surface area contributed by atoms with Gasteiger partial charge in [-0.1, -0.05) is 41.9 Å². The molecule has 3 rings (SSSR count). The summed E-state index contributed by atoms with van der Waals surface area (Å²) in [7, 11) is 0. The molecule has 0 radical (unpaired) electrons. The van der Waals surface area contributed by atoms with E-state index in [2.05, 4.69) is 4.98 Å². The molecule has 3 aromatic rings. The maximum absolute atomic E-state index is 13.8. The van der Waals surface area contributed by atoms with E-state index in [4.69, 9.17) is 11.6 Å². The largest absolute Gasteiger partial charge is 0.388 e. The van der Waals surface area contributed by atoms with E-state index in [-0.39, 0.29) is 6.42 Å². The monoisotopic (exact) mass is 301 g/mol. The highest BCUT2D eigenvalue weighted by atomic mass is 35.5. The SMILES string of the molecule is OC(Cc1c(F)cccc1Cl)c1cncc2ccccc12. The molecule has 4 heteroatoms. The first kappa shape index (κ1) is 14.0. The first-order valence-corrected chi connectivity index (χ1v) is 6.98. The van der Waals surface area contributed by atoms with Gasteiger partial charge in [-0.2, -0.15) is 0 Å². The zero-order valence-electron chi connectivity index (χ0n) is 11.1. The molecule has 0 saturated heterocycles. The van der Waals surface area contributed by atoms with Gasteiger partial charge in [0.25, 0.3) is 0 Å². The minimum Gasteiger partial charge on any atom is -0.388 e. The van der Waals surface area contributed by atoms with E-state index in [0.29, 0.717) is 16.1 Å². The second kappa shape index (κ2) is 5.80. The molecule has 106 valence electrons. The number of nitrogens with zero attached hydrogens (tertiary/aromatic N) is 1. The Kier molecular flexibility index (Phi) is 3.86. The van der Waals surface area contributed by atoms with Crippen molar-refractivity contribution in [2.24, 2.45) is 0 Å². The van der Waals surface area contributed by atoms with Crippen molar-refractivity contribution in [1.82, 2.24) is 4.98 Å². The van der Waals surface area contributed by atoms with Gasteiger partial charge >= 0.3 is 0 Å². The number of fused-ring (bicyclic) bond motifs is 1. The Balaban J connectivity index is 2.00. The van der Waals surface area contributed by atoms with Gasteiger partial charge in [0, 0.05) is 40.4 Å². The van der Waals surface area contributed by atoms with Crippen LogP contribution in [0.2, 0.25) is 5.02 Å². The summed E-state index contributed by atoms with van der Waals surface area (Å²) >= 11 is 6.01. The van der Waals surface area contributed by atoms with Gasteiger partial charge in [0.1, 0.15) is 5.82 Å². The Labute approximate surface area is 126 Å². The van der Waals surface area contributed by atoms with Crippen LogP contribution in [0.15, 0.2) is 54.9 Å². The van der Waals surface area contributed by atoms with Crippen molar-refractivity contribution in [3.8, 4) is 0 Å². The van der Waals surface area contributed by atoms with Crippen LogP contribution < -0.4 is 0 Å². The summed E-state index contributed by atoms with van der Waals surface area (Å²) in [5.41, 5.74) is 0.993. The Morgan fingerprint density at radius 3 is 2.71 bits per heavy atom. The van der Waals surface area contributed by atoms with Crippen molar-refractivity contribution in [1.29, 1.82) is 0 Å². The van der Waals surface area contributed by atoms with E-state index in [1.54, 1.807) is 24.5 Å². The number of benzene rings is 2. The van der Waals surface area contributed by atoms with Crippen LogP contribution in [0.4, 0.5) is 4.39 Å². The molecule has 1 heterocycles. The maximum Gasteiger partial charge on any atom is 0.127 e. The number of aliphatic hydroxyl groups excluding tert-OH is 1. The van der Waals surface area contributed by atoms with Crippen molar-refractivity contribution in [2.45, 2.75) is 12.5 Å². The summed E-state index contributed by atoms with van der Waals surface area (Å²) in [6.07, 6.45) is 2.60. The highest BCUT2D eigenvalue weighted by molar-refractivity contribution is 6.31. The van der Waals surface area contributed by atoms with Crippen LogP contribution in [0, 0.1) is 5.82 Å². The Morgan fingerprint density at radius 2 is 1.90 bits per heavy atom. The molecule has 1 N–H and O–H groups in total. The van der Waals surface area contributed by atoms with E-state index in [1.165, 1.54) is 6.07 Å². The third-order valence-corrected chi connectivity index (χ3v) is 3.87. The third kappa shape index (κ3) is 2.75. The molecule has 0 spiro atoms. The molecule has 2 nitrogen and oxygen atoms in total. The number of pyridine rings is 1. The normalized spacial score (nSPS) is 12.5. The van der Waals surface area contributed by atoms with Gasteiger partial charge in [0.15, 0.2) is 0 Å². The lowest BCUT2D eigenvalue weighted by atomic mass is 9.98. The summed E-state index contributed by atoms with van der Waals surface area (Å²) < 4.78 is 13.8. The quantitative estimate of drug-likeness (QED) is 0.782. The number of halogens is 2. The van der Waals surface area contributed by atoms with E-state index < -0.39 is 11.9 Å². The number of aromatic nitrogens is 1. The summed E-state index contributed by atoms with van der Waals surface area (Å²) in [6.45, 7) is 0. The molecular formula is C17H13ClFNO. The summed E-state index contributed by atoms with van der Waals surface area (Å²) in [5.74, 6) is -0.408. The van der Waals surface area contributed by atoms with Crippen LogP contribution >= 0.6 is 11.6 Å². The Hall–Kier alpha value is -1.97. The van der Waals surface area contributed by atoms with Gasteiger partial charge in [-0.15, -0.1) is 0 Å². The fraction of sp³-hybridized carbons (Fsp3) is 0.118. The molecular weight excluding hydrogens is 289 g/mol. The van der Waals surface area contributed by atoms with E-state index in [0.717, 1.165) is 10.8 Å². The molecule has 0 aliphatic rings. The van der Waals surface area contributed by atoms with Crippen molar-refractivity contribution in [2.75, 3.05) is 0 Å². The zero-order valence-corrected chi connectivity index (χ0v) is 11.9. The van der Waals surface area contributed by atoms with Gasteiger partial charge in [-0.3, -0.25) is 4.98 Å². The lowest BCUT2D eigenvalue weighted by molar-refractivity contribution is 0.178. The minimum atomic E-state index is -0.863. The van der Waals surface area contributed by atoms with E-state index in [1.807, 2.05) is 24.3 Å². The highest BCUT2D eigenvalue weighted by Gasteiger charge is 2.16. The zero-order chi connectivity index (χ0) is 14.8. The second-order valence-corrected chi connectivity index (χ2v) is 5.28. The molecule has 0 aliphatic heterocycles. The Bertz CT molecular complexity index is 765. The minimum absolute atomic E-state index is 0.112. The number of rotatable bonds is 3. The lowest BCUT2D eigenvalue weighted by Gasteiger charge is -2.14. The average molecular weight is 302 g/mol. The van der Waals surface area contributed by atoms with Crippen molar-refractivity contribution >= 4 is 22.4 Å². The summed E-state index contributed by atoms with van der Waals surface area (Å²) in [5, 5.41) is 12.6. The van der Waals surface area contributed by atoms with Gasteiger partial charge < -0.3 is 5.11 Å². The number of aliphatic hydroxyl groups is 1. The smallest absolute Gasteiger partial charge is 0.127 e. The van der Waals surface area contributed by atoms with Gasteiger partial charge in [0.05, 0.1) is 6.10 Å². The van der Waals surface area contributed by atoms with Gasteiger partial charge in [-0.25, -0.2) is 4.39 Å². The van der Waals surface area contributed by atoms with Crippen LogP contribution in [-0.4, -0.2) is 10.1 Å². The molecule has 0 aliphatic carbocycles. The van der Waals surface area contributed by atoms with Crippen LogP contribution in [0.25, 0.3) is 10.8 Å². The molecule has 2 aromatic carbocycles. The van der Waals surface area contributed by atoms with E-state index >= 15 is 0 Å². The van der Waals surface area contributed by atoms with Crippen molar-refractivity contribution in [3.05, 3.63) is 76.8 Å². The fourth-order valence-electron chi connectivity index (χ4n) is 2.44. The number of hydrogen-bond acceptors (Lipinski definition) is 2. The Morgan fingerprint density at radius 1 is 1.10 bits per heavy atom. The second-order valence-electron chi connectivity index (χ2n) is 4.87. The maximum atomic E-state index is 13.8. The molecule has 0 bridgehead atoms. The fourth-order valence-corrected chi connectivity index (χ4v) is 2.68.